The molecule has 0 N–H and O–H groups in total. The van der Waals surface area contributed by atoms with Crippen LogP contribution in [0.5, 0.6) is 0 Å². The van der Waals surface area contributed by atoms with Gasteiger partial charge in [0.15, 0.2) is 0 Å². The van der Waals surface area contributed by atoms with Crippen molar-refractivity contribution < 1.29 is 0 Å². The third-order valence-corrected chi connectivity index (χ3v) is 1.27. The zero-order valence-electron chi connectivity index (χ0n) is 5.39. The second-order valence-corrected chi connectivity index (χ2v) is 2.16. The molecular weight excluding hydrogens is 98.1 g/mol. The smallest absolute Gasteiger partial charge is 0.0320 e. The minimum Gasteiger partial charge on any atom is -0.378 e. The highest BCUT2D eigenvalue weighted by molar-refractivity contribution is 5.23. The summed E-state index contributed by atoms with van der Waals surface area (Å²) in [4.78, 5) is 2.11. The third kappa shape index (κ3) is 0.915. The summed E-state index contributed by atoms with van der Waals surface area (Å²) < 4.78 is 0. The average molecular weight is 109 g/mol. The van der Waals surface area contributed by atoms with E-state index < -0.39 is 0 Å². The second-order valence-electron chi connectivity index (χ2n) is 2.16. The molecule has 0 amide bonds. The van der Waals surface area contributed by atoms with Gasteiger partial charge in [-0.1, -0.05) is 12.2 Å². The molecule has 0 aliphatic heterocycles. The van der Waals surface area contributed by atoms with Crippen molar-refractivity contribution in [3.63, 3.8) is 0 Å². The number of hydrogen-bond acceptors (Lipinski definition) is 1. The molecule has 1 aliphatic rings. The summed E-state index contributed by atoms with van der Waals surface area (Å²) in [5.74, 6) is 0. The van der Waals surface area contributed by atoms with E-state index in [1.54, 1.807) is 0 Å². The van der Waals surface area contributed by atoms with Crippen molar-refractivity contribution in [1.29, 1.82) is 0 Å². The van der Waals surface area contributed by atoms with Crippen LogP contribution in [-0.4, -0.2) is 19.0 Å². The fraction of sp³-hybridized carbons (Fsp3) is 0.429. The maximum absolute atomic E-state index is 2.21. The summed E-state index contributed by atoms with van der Waals surface area (Å²) in [6.07, 6.45) is 7.61. The molecule has 0 unspecified atom stereocenters. The Bertz CT molecular complexity index is 131. The minimum absolute atomic E-state index is 1.10. The SMILES string of the molecule is CN(C)C1=CCC=C1. The van der Waals surface area contributed by atoms with Crippen molar-refractivity contribution in [1.82, 2.24) is 4.90 Å². The molecule has 0 aromatic carbocycles. The molecule has 0 atom stereocenters. The van der Waals surface area contributed by atoms with Crippen LogP contribution in [0.1, 0.15) is 6.42 Å². The largest absolute Gasteiger partial charge is 0.378 e. The lowest BCUT2D eigenvalue weighted by Gasteiger charge is -2.09. The molecule has 1 heteroatoms. The monoisotopic (exact) mass is 109 g/mol. The molecule has 0 saturated carbocycles. The Balaban J connectivity index is 2.58. The minimum atomic E-state index is 1.10. The van der Waals surface area contributed by atoms with Gasteiger partial charge < -0.3 is 4.90 Å². The van der Waals surface area contributed by atoms with E-state index in [9.17, 15) is 0 Å². The zero-order chi connectivity index (χ0) is 5.98. The summed E-state index contributed by atoms with van der Waals surface area (Å²) in [6, 6.07) is 0. The van der Waals surface area contributed by atoms with Crippen LogP contribution in [0.15, 0.2) is 23.9 Å². The highest BCUT2D eigenvalue weighted by Gasteiger charge is 1.96. The van der Waals surface area contributed by atoms with Crippen molar-refractivity contribution in [3.8, 4) is 0 Å². The molecule has 44 valence electrons. The Kier molecular flexibility index (Phi) is 1.38. The highest BCUT2D eigenvalue weighted by atomic mass is 15.1. The van der Waals surface area contributed by atoms with Gasteiger partial charge in [0.1, 0.15) is 0 Å². The van der Waals surface area contributed by atoms with Crippen molar-refractivity contribution in [3.05, 3.63) is 23.9 Å². The lowest BCUT2D eigenvalue weighted by atomic mass is 10.4. The van der Waals surface area contributed by atoms with Gasteiger partial charge in [-0.05, 0) is 12.5 Å². The van der Waals surface area contributed by atoms with Gasteiger partial charge in [0, 0.05) is 19.8 Å². The van der Waals surface area contributed by atoms with Gasteiger partial charge in [0.2, 0.25) is 0 Å². The molecule has 0 fully saturated rings. The van der Waals surface area contributed by atoms with E-state index in [0.717, 1.165) is 6.42 Å². The molecule has 0 aromatic heterocycles. The van der Waals surface area contributed by atoms with Crippen molar-refractivity contribution in [2.45, 2.75) is 6.42 Å². The van der Waals surface area contributed by atoms with Gasteiger partial charge in [-0.3, -0.25) is 0 Å². The van der Waals surface area contributed by atoms with Crippen molar-refractivity contribution >= 4 is 0 Å². The molecule has 1 rings (SSSR count). The molecule has 0 bridgehead atoms. The number of allylic oxidation sites excluding steroid dienone is 3. The molecule has 0 aromatic rings. The maximum Gasteiger partial charge on any atom is 0.0320 e. The first-order chi connectivity index (χ1) is 3.80. The standard InChI is InChI=1S/C7H11N/c1-8(2)7-5-3-4-6-7/h3,5-6H,4H2,1-2H3. The first kappa shape index (κ1) is 5.42. The summed E-state index contributed by atoms with van der Waals surface area (Å²) in [6.45, 7) is 0. The quantitative estimate of drug-likeness (QED) is 0.492. The molecular formula is C7H11N. The first-order valence-electron chi connectivity index (χ1n) is 2.85. The fourth-order valence-electron chi connectivity index (χ4n) is 0.777. The molecule has 0 saturated heterocycles. The lowest BCUT2D eigenvalue weighted by molar-refractivity contribution is 0.531. The van der Waals surface area contributed by atoms with Crippen LogP contribution >= 0.6 is 0 Å². The zero-order valence-corrected chi connectivity index (χ0v) is 5.39. The number of hydrogen-bond donors (Lipinski definition) is 0. The number of nitrogens with zero attached hydrogens (tertiary/aromatic N) is 1. The second kappa shape index (κ2) is 2.03. The highest BCUT2D eigenvalue weighted by Crippen LogP contribution is 2.09. The third-order valence-electron chi connectivity index (χ3n) is 1.27. The Morgan fingerprint density at radius 3 is 2.50 bits per heavy atom. The van der Waals surface area contributed by atoms with Crippen LogP contribution in [0.2, 0.25) is 0 Å². The van der Waals surface area contributed by atoms with Gasteiger partial charge >= 0.3 is 0 Å². The lowest BCUT2D eigenvalue weighted by Crippen LogP contribution is -2.07. The van der Waals surface area contributed by atoms with Gasteiger partial charge in [-0.25, -0.2) is 0 Å². The Morgan fingerprint density at radius 2 is 2.25 bits per heavy atom. The molecule has 0 radical (unpaired) electrons. The van der Waals surface area contributed by atoms with Gasteiger partial charge in [-0.2, -0.15) is 0 Å². The van der Waals surface area contributed by atoms with Crippen LogP contribution < -0.4 is 0 Å². The normalized spacial score (nSPS) is 16.5. The number of rotatable bonds is 1. The Labute approximate surface area is 50.3 Å². The van der Waals surface area contributed by atoms with Crippen LogP contribution in [0, 0.1) is 0 Å². The summed E-state index contributed by atoms with van der Waals surface area (Å²) >= 11 is 0. The van der Waals surface area contributed by atoms with E-state index in [0.29, 0.717) is 0 Å². The maximum atomic E-state index is 2.21. The summed E-state index contributed by atoms with van der Waals surface area (Å²) in [5.41, 5.74) is 1.32. The van der Waals surface area contributed by atoms with E-state index >= 15 is 0 Å². The number of likely N-dealkylation sites (N-methyl/N-ethyl adjacent to an activating group) is 1. The fourth-order valence-corrected chi connectivity index (χ4v) is 0.777. The molecule has 8 heavy (non-hydrogen) atoms. The van der Waals surface area contributed by atoms with Gasteiger partial charge in [0.25, 0.3) is 0 Å². The van der Waals surface area contributed by atoms with Crippen molar-refractivity contribution in [2.24, 2.45) is 0 Å². The van der Waals surface area contributed by atoms with E-state index in [1.165, 1.54) is 5.70 Å². The van der Waals surface area contributed by atoms with Crippen LogP contribution in [0.3, 0.4) is 0 Å². The Morgan fingerprint density at radius 1 is 1.50 bits per heavy atom. The van der Waals surface area contributed by atoms with E-state index in [2.05, 4.69) is 37.2 Å². The average Bonchev–Trinajstić information content (AvgIpc) is 2.12. The topological polar surface area (TPSA) is 3.24 Å². The summed E-state index contributed by atoms with van der Waals surface area (Å²) in [7, 11) is 4.11. The van der Waals surface area contributed by atoms with Crippen molar-refractivity contribution in [2.75, 3.05) is 14.1 Å². The predicted octanol–water partition coefficient (Wildman–Crippen LogP) is 1.39. The Hall–Kier alpha value is -0.720. The van der Waals surface area contributed by atoms with Crippen LogP contribution in [0.4, 0.5) is 0 Å². The van der Waals surface area contributed by atoms with E-state index in [4.69, 9.17) is 0 Å². The first-order valence-corrected chi connectivity index (χ1v) is 2.85. The van der Waals surface area contributed by atoms with E-state index in [-0.39, 0.29) is 0 Å². The molecule has 0 spiro atoms. The molecule has 1 nitrogen and oxygen atoms in total. The van der Waals surface area contributed by atoms with E-state index in [1.807, 2.05) is 0 Å². The van der Waals surface area contributed by atoms with Gasteiger partial charge in [-0.15, -0.1) is 0 Å². The van der Waals surface area contributed by atoms with Gasteiger partial charge in [0.05, 0.1) is 0 Å². The summed E-state index contributed by atoms with van der Waals surface area (Å²) in [5, 5.41) is 0. The van der Waals surface area contributed by atoms with Crippen LogP contribution in [0.25, 0.3) is 0 Å². The molecule has 0 heterocycles. The van der Waals surface area contributed by atoms with Crippen LogP contribution in [-0.2, 0) is 0 Å². The predicted molar refractivity (Wildman–Crippen MR) is 35.5 cm³/mol. The molecule has 1 aliphatic carbocycles.